The van der Waals surface area contributed by atoms with Crippen LogP contribution in [0.2, 0.25) is 5.15 Å². The number of alkyl carbamates (subject to hydrolysis) is 1. The van der Waals surface area contributed by atoms with E-state index < -0.39 is 33.6 Å². The number of halogens is 3. The van der Waals surface area contributed by atoms with Gasteiger partial charge in [-0.2, -0.15) is 4.31 Å². The highest BCUT2D eigenvalue weighted by Crippen LogP contribution is 2.46. The maximum atomic E-state index is 16.1. The summed E-state index contributed by atoms with van der Waals surface area (Å²) in [7, 11) is -3.82. The summed E-state index contributed by atoms with van der Waals surface area (Å²) in [5.74, 6) is -4.17. The number of nitrogens with one attached hydrogen (secondary N) is 1. The molecule has 4 fully saturated rings. The van der Waals surface area contributed by atoms with Gasteiger partial charge in [-0.15, -0.1) is 0 Å². The molecule has 0 bridgehead atoms. The van der Waals surface area contributed by atoms with E-state index in [1.54, 1.807) is 42.7 Å². The van der Waals surface area contributed by atoms with Gasteiger partial charge in [-0.1, -0.05) is 11.6 Å². The van der Waals surface area contributed by atoms with E-state index in [-0.39, 0.29) is 78.2 Å². The number of pyridine rings is 1. The summed E-state index contributed by atoms with van der Waals surface area (Å²) in [6.07, 6.45) is 1.93. The molecule has 0 atom stereocenters. The standard InChI is InChI=1S/C38H52ClF2N7O6S/c1-37(2,3)54-36(51)42-14-16-44-17-19-46(20-18-44)35(50)27-6-8-28(9-7-27)38(40,41)29-25-32(39)43-33(26-29)45-21-23-47(24-22-45)55(52,53)31-12-10-30(11-13-31)48-15-4-5-34(48)49/h10-13,25-28H,4-9,14-24H2,1-3H3,(H,42,51). The van der Waals surface area contributed by atoms with Crippen molar-refractivity contribution in [3.05, 3.63) is 47.1 Å². The highest BCUT2D eigenvalue weighted by atomic mass is 35.5. The number of aromatic nitrogens is 1. The van der Waals surface area contributed by atoms with Crippen molar-refractivity contribution < 1.29 is 36.3 Å². The molecule has 1 aromatic carbocycles. The molecule has 6 rings (SSSR count). The lowest BCUT2D eigenvalue weighted by Crippen LogP contribution is -2.52. The van der Waals surface area contributed by atoms with Crippen LogP contribution in [0.25, 0.3) is 0 Å². The second kappa shape index (κ2) is 16.9. The van der Waals surface area contributed by atoms with Gasteiger partial charge >= 0.3 is 6.09 Å². The zero-order valence-corrected chi connectivity index (χ0v) is 33.4. The highest BCUT2D eigenvalue weighted by molar-refractivity contribution is 7.89. The fraction of sp³-hybridized carbons (Fsp3) is 0.632. The summed E-state index contributed by atoms with van der Waals surface area (Å²) in [4.78, 5) is 49.3. The molecule has 4 heterocycles. The molecule has 3 saturated heterocycles. The summed E-state index contributed by atoms with van der Waals surface area (Å²) in [5.41, 5.74) is -0.133. The smallest absolute Gasteiger partial charge is 0.407 e. The fourth-order valence-corrected chi connectivity index (χ4v) is 9.51. The first-order valence-electron chi connectivity index (χ1n) is 19.2. The SMILES string of the molecule is CC(C)(C)OC(=O)NCCN1CCN(C(=O)C2CCC(C(F)(F)c3cc(Cl)nc(N4CCN(S(=O)(=O)c5ccc(N6CCCC6=O)cc5)CC4)c3)CC2)CC1. The number of carbonyl (C=O) groups excluding carboxylic acids is 3. The average molecular weight is 808 g/mol. The summed E-state index contributed by atoms with van der Waals surface area (Å²) in [5, 5.41) is 2.69. The van der Waals surface area contributed by atoms with Gasteiger partial charge < -0.3 is 24.8 Å². The molecule has 4 aliphatic rings. The molecule has 0 spiro atoms. The van der Waals surface area contributed by atoms with Crippen molar-refractivity contribution in [3.8, 4) is 0 Å². The molecule has 1 N–H and O–H groups in total. The quantitative estimate of drug-likeness (QED) is 0.332. The Labute approximate surface area is 327 Å². The summed E-state index contributed by atoms with van der Waals surface area (Å²) in [6, 6.07) is 8.87. The van der Waals surface area contributed by atoms with Gasteiger partial charge in [0.2, 0.25) is 21.8 Å². The predicted octanol–water partition coefficient (Wildman–Crippen LogP) is 4.94. The van der Waals surface area contributed by atoms with Crippen LogP contribution >= 0.6 is 11.6 Å². The van der Waals surface area contributed by atoms with E-state index in [4.69, 9.17) is 16.3 Å². The molecule has 3 aliphatic heterocycles. The Morgan fingerprint density at radius 3 is 2.18 bits per heavy atom. The van der Waals surface area contributed by atoms with E-state index in [1.165, 1.54) is 28.6 Å². The Hall–Kier alpha value is -3.60. The minimum absolute atomic E-state index is 0.0132. The predicted molar refractivity (Wildman–Crippen MR) is 205 cm³/mol. The lowest BCUT2D eigenvalue weighted by molar-refractivity contribution is -0.141. The number of ether oxygens (including phenoxy) is 1. The van der Waals surface area contributed by atoms with Crippen LogP contribution in [0, 0.1) is 11.8 Å². The first-order chi connectivity index (χ1) is 26.0. The van der Waals surface area contributed by atoms with Gasteiger partial charge in [0.15, 0.2) is 0 Å². The van der Waals surface area contributed by atoms with Crippen LogP contribution in [0.15, 0.2) is 41.3 Å². The zero-order valence-electron chi connectivity index (χ0n) is 31.8. The van der Waals surface area contributed by atoms with E-state index in [0.29, 0.717) is 70.8 Å². The van der Waals surface area contributed by atoms with Gasteiger partial charge in [-0.25, -0.2) is 27.0 Å². The molecule has 2 aromatic rings. The Morgan fingerprint density at radius 1 is 0.927 bits per heavy atom. The number of anilines is 2. The van der Waals surface area contributed by atoms with E-state index >= 15 is 8.78 Å². The number of nitrogens with zero attached hydrogens (tertiary/aromatic N) is 6. The number of alkyl halides is 2. The number of hydrogen-bond donors (Lipinski definition) is 1. The van der Waals surface area contributed by atoms with Gasteiger partial charge in [0.25, 0.3) is 5.92 Å². The van der Waals surface area contributed by atoms with Crippen LogP contribution in [0.5, 0.6) is 0 Å². The van der Waals surface area contributed by atoms with E-state index in [0.717, 1.165) is 6.42 Å². The number of hydrogen-bond acceptors (Lipinski definition) is 9. The lowest BCUT2D eigenvalue weighted by Gasteiger charge is -2.39. The topological polar surface area (TPSA) is 136 Å². The van der Waals surface area contributed by atoms with Gasteiger partial charge in [-0.05, 0) is 89.3 Å². The van der Waals surface area contributed by atoms with Crippen molar-refractivity contribution in [2.75, 3.05) is 81.8 Å². The monoisotopic (exact) mass is 807 g/mol. The molecule has 55 heavy (non-hydrogen) atoms. The van der Waals surface area contributed by atoms with E-state index in [2.05, 4.69) is 15.2 Å². The van der Waals surface area contributed by atoms with Crippen LogP contribution < -0.4 is 15.1 Å². The second-order valence-electron chi connectivity index (χ2n) is 15.8. The Kier molecular flexibility index (Phi) is 12.6. The minimum atomic E-state index is -3.82. The number of carbonyl (C=O) groups is 3. The molecule has 1 aliphatic carbocycles. The highest BCUT2D eigenvalue weighted by Gasteiger charge is 2.45. The lowest BCUT2D eigenvalue weighted by atomic mass is 9.77. The Balaban J connectivity index is 0.978. The maximum absolute atomic E-state index is 16.1. The van der Waals surface area contributed by atoms with Crippen molar-refractivity contribution in [1.29, 1.82) is 0 Å². The number of amides is 3. The summed E-state index contributed by atoms with van der Waals surface area (Å²) in [6.45, 7) is 10.3. The van der Waals surface area contributed by atoms with Gasteiger partial charge in [0, 0.05) is 101 Å². The van der Waals surface area contributed by atoms with Gasteiger partial charge in [0.1, 0.15) is 16.6 Å². The van der Waals surface area contributed by atoms with Crippen molar-refractivity contribution in [3.63, 3.8) is 0 Å². The zero-order chi connectivity index (χ0) is 39.5. The minimum Gasteiger partial charge on any atom is -0.444 e. The molecule has 0 radical (unpaired) electrons. The number of benzene rings is 1. The first-order valence-corrected chi connectivity index (χ1v) is 21.0. The van der Waals surface area contributed by atoms with Crippen molar-refractivity contribution in [2.24, 2.45) is 11.8 Å². The maximum Gasteiger partial charge on any atom is 0.407 e. The third-order valence-electron chi connectivity index (χ3n) is 11.0. The fourth-order valence-electron chi connectivity index (χ4n) is 7.88. The molecule has 0 unspecified atom stereocenters. The summed E-state index contributed by atoms with van der Waals surface area (Å²) >= 11 is 6.31. The molecule has 17 heteroatoms. The van der Waals surface area contributed by atoms with E-state index in [9.17, 15) is 22.8 Å². The third kappa shape index (κ3) is 9.86. The molecule has 1 aromatic heterocycles. The molecule has 302 valence electrons. The van der Waals surface area contributed by atoms with Crippen LogP contribution in [-0.4, -0.2) is 123 Å². The Morgan fingerprint density at radius 2 is 1.58 bits per heavy atom. The van der Waals surface area contributed by atoms with Gasteiger partial charge in [0.05, 0.1) is 4.90 Å². The average Bonchev–Trinajstić information content (AvgIpc) is 3.59. The van der Waals surface area contributed by atoms with E-state index in [1.807, 2.05) is 4.90 Å². The molecule has 13 nitrogen and oxygen atoms in total. The molecular formula is C38H52ClF2N7O6S. The third-order valence-corrected chi connectivity index (χ3v) is 13.1. The number of sulfonamides is 1. The van der Waals surface area contributed by atoms with Gasteiger partial charge in [-0.3, -0.25) is 14.5 Å². The Bertz CT molecular complexity index is 1810. The van der Waals surface area contributed by atoms with Crippen LogP contribution in [0.4, 0.5) is 25.1 Å². The van der Waals surface area contributed by atoms with Crippen molar-refractivity contribution >= 4 is 51.0 Å². The first kappa shape index (κ1) is 41.0. The second-order valence-corrected chi connectivity index (χ2v) is 18.2. The normalized spacial score (nSPS) is 22.2. The van der Waals surface area contributed by atoms with Crippen LogP contribution in [-0.2, 0) is 30.3 Å². The number of rotatable bonds is 10. The summed E-state index contributed by atoms with van der Waals surface area (Å²) < 4.78 is 65.8. The van der Waals surface area contributed by atoms with Crippen molar-refractivity contribution in [1.82, 2.24) is 24.4 Å². The van der Waals surface area contributed by atoms with Crippen molar-refractivity contribution in [2.45, 2.75) is 75.7 Å². The largest absolute Gasteiger partial charge is 0.444 e. The molecule has 1 saturated carbocycles. The van der Waals surface area contributed by atoms with Crippen LogP contribution in [0.1, 0.15) is 64.9 Å². The molecule has 3 amide bonds. The molecular weight excluding hydrogens is 756 g/mol. The number of piperazine rings is 2. The van der Waals surface area contributed by atoms with Crippen LogP contribution in [0.3, 0.4) is 0 Å².